The quantitative estimate of drug-likeness (QED) is 0.855. The summed E-state index contributed by atoms with van der Waals surface area (Å²) in [4.78, 5) is 19.0. The summed E-state index contributed by atoms with van der Waals surface area (Å²) >= 11 is 0. The van der Waals surface area contributed by atoms with Crippen molar-refractivity contribution in [3.05, 3.63) is 41.9 Å². The van der Waals surface area contributed by atoms with E-state index in [1.165, 1.54) is 12.0 Å². The van der Waals surface area contributed by atoms with Gasteiger partial charge in [-0.25, -0.2) is 4.98 Å². The fourth-order valence-corrected chi connectivity index (χ4v) is 3.54. The van der Waals surface area contributed by atoms with E-state index in [0.29, 0.717) is 11.5 Å². The molecule has 5 nitrogen and oxygen atoms in total. The topological polar surface area (TPSA) is 55.6 Å². The summed E-state index contributed by atoms with van der Waals surface area (Å²) in [5.74, 6) is 0.511. The number of hydrogen-bond donors (Lipinski definition) is 0. The minimum absolute atomic E-state index is 0.0434. The van der Waals surface area contributed by atoms with Crippen LogP contribution < -0.4 is 0 Å². The second-order valence-corrected chi connectivity index (χ2v) is 6.68. The lowest BCUT2D eigenvalue weighted by Crippen LogP contribution is -2.32. The average molecular weight is 312 g/mol. The molecule has 1 unspecified atom stereocenters. The molecule has 120 valence electrons. The molecule has 4 rings (SSSR count). The molecule has 2 aliphatic heterocycles. The number of carbonyl (C=O) groups excluding carboxylic acids is 1. The second-order valence-electron chi connectivity index (χ2n) is 6.68. The summed E-state index contributed by atoms with van der Waals surface area (Å²) in [6, 6.07) is 7.94. The van der Waals surface area contributed by atoms with Gasteiger partial charge in [0, 0.05) is 30.7 Å². The first kappa shape index (κ1) is 14.5. The Morgan fingerprint density at radius 2 is 2.09 bits per heavy atom. The van der Waals surface area contributed by atoms with Crippen molar-refractivity contribution in [2.45, 2.75) is 19.8 Å². The van der Waals surface area contributed by atoms with Gasteiger partial charge >= 0.3 is 0 Å². The summed E-state index contributed by atoms with van der Waals surface area (Å²) in [6.07, 6.45) is 3.41. The van der Waals surface area contributed by atoms with E-state index in [4.69, 9.17) is 9.15 Å². The highest BCUT2D eigenvalue weighted by Crippen LogP contribution is 2.39. The Bertz CT molecular complexity index is 714. The van der Waals surface area contributed by atoms with E-state index in [1.54, 1.807) is 0 Å². The van der Waals surface area contributed by atoms with Crippen molar-refractivity contribution in [1.29, 1.82) is 0 Å². The lowest BCUT2D eigenvalue weighted by molar-refractivity contribution is 0.0761. The van der Waals surface area contributed by atoms with Crippen LogP contribution in [0.15, 0.2) is 35.1 Å². The lowest BCUT2D eigenvalue weighted by Gasteiger charge is -2.21. The van der Waals surface area contributed by atoms with Gasteiger partial charge in [-0.3, -0.25) is 4.79 Å². The maximum atomic E-state index is 12.9. The molecule has 5 heteroatoms. The first-order valence-corrected chi connectivity index (χ1v) is 8.04. The maximum Gasteiger partial charge on any atom is 0.276 e. The molecular formula is C18H20N2O3. The monoisotopic (exact) mass is 312 g/mol. The van der Waals surface area contributed by atoms with Crippen LogP contribution in [0.1, 0.15) is 28.9 Å². The van der Waals surface area contributed by atoms with Gasteiger partial charge in [0.2, 0.25) is 0 Å². The number of aromatic nitrogens is 1. The Labute approximate surface area is 135 Å². The molecule has 0 bridgehead atoms. The summed E-state index contributed by atoms with van der Waals surface area (Å²) in [7, 11) is 0. The number of ether oxygens (including phenoxy) is 1. The van der Waals surface area contributed by atoms with E-state index >= 15 is 0 Å². The van der Waals surface area contributed by atoms with Crippen LogP contribution in [0.25, 0.3) is 11.3 Å². The number of aryl methyl sites for hydroxylation is 1. The highest BCUT2D eigenvalue weighted by Gasteiger charge is 2.43. The number of likely N-dealkylation sites (tertiary alicyclic amines) is 1. The zero-order valence-electron chi connectivity index (χ0n) is 13.2. The summed E-state index contributed by atoms with van der Waals surface area (Å²) in [6.45, 7) is 5.12. The van der Waals surface area contributed by atoms with E-state index in [-0.39, 0.29) is 11.3 Å². The van der Waals surface area contributed by atoms with Crippen LogP contribution in [0.3, 0.4) is 0 Å². The Balaban J connectivity index is 1.58. The fourth-order valence-electron chi connectivity index (χ4n) is 3.54. The van der Waals surface area contributed by atoms with Crippen LogP contribution in [0.2, 0.25) is 0 Å². The van der Waals surface area contributed by atoms with Crippen LogP contribution in [-0.2, 0) is 4.74 Å². The van der Waals surface area contributed by atoms with Crippen molar-refractivity contribution in [3.8, 4) is 11.3 Å². The molecule has 0 radical (unpaired) electrons. The Morgan fingerprint density at radius 3 is 2.83 bits per heavy atom. The number of carbonyl (C=O) groups is 1. The van der Waals surface area contributed by atoms with E-state index in [9.17, 15) is 4.79 Å². The number of hydrogen-bond acceptors (Lipinski definition) is 4. The van der Waals surface area contributed by atoms with Crippen molar-refractivity contribution in [1.82, 2.24) is 9.88 Å². The highest BCUT2D eigenvalue weighted by atomic mass is 16.5. The first-order chi connectivity index (χ1) is 11.2. The third kappa shape index (κ3) is 2.55. The van der Waals surface area contributed by atoms with Gasteiger partial charge in [-0.15, -0.1) is 0 Å². The van der Waals surface area contributed by atoms with Crippen molar-refractivity contribution in [2.75, 3.05) is 26.3 Å². The Hall–Kier alpha value is -2.14. The third-order valence-electron chi connectivity index (χ3n) is 4.99. The summed E-state index contributed by atoms with van der Waals surface area (Å²) in [5, 5.41) is 0. The van der Waals surface area contributed by atoms with Gasteiger partial charge in [-0.2, -0.15) is 0 Å². The van der Waals surface area contributed by atoms with Crippen LogP contribution in [-0.4, -0.2) is 42.1 Å². The zero-order chi connectivity index (χ0) is 15.9. The molecule has 3 heterocycles. The second kappa shape index (κ2) is 5.49. The molecule has 0 saturated carbocycles. The molecule has 2 aromatic rings. The molecule has 1 aromatic carbocycles. The standard InChI is InChI=1S/C18H20N2O3/c1-13-2-4-14(5-3-13)16-15(19-12-23-16)17(21)20-8-6-18(10-20)7-9-22-11-18/h2-5,12H,6-11H2,1H3. The van der Waals surface area contributed by atoms with Crippen LogP contribution in [0, 0.1) is 12.3 Å². The summed E-state index contributed by atoms with van der Waals surface area (Å²) in [5.41, 5.74) is 2.62. The number of rotatable bonds is 2. The first-order valence-electron chi connectivity index (χ1n) is 8.04. The average Bonchev–Trinajstić information content (AvgIpc) is 3.30. The van der Waals surface area contributed by atoms with Gasteiger partial charge in [0.15, 0.2) is 17.8 Å². The maximum absolute atomic E-state index is 12.9. The molecule has 2 fully saturated rings. The van der Waals surface area contributed by atoms with Gasteiger partial charge < -0.3 is 14.1 Å². The number of amides is 1. The normalized spacial score (nSPS) is 23.8. The van der Waals surface area contributed by atoms with Gasteiger partial charge in [0.25, 0.3) is 5.91 Å². The Morgan fingerprint density at radius 1 is 1.26 bits per heavy atom. The zero-order valence-corrected chi connectivity index (χ0v) is 13.2. The smallest absolute Gasteiger partial charge is 0.276 e. The SMILES string of the molecule is Cc1ccc(-c2ocnc2C(=O)N2CCC3(CCOC3)C2)cc1. The number of nitrogens with zero attached hydrogens (tertiary/aromatic N) is 2. The third-order valence-corrected chi connectivity index (χ3v) is 4.99. The van der Waals surface area contributed by atoms with Crippen molar-refractivity contribution >= 4 is 5.91 Å². The minimum Gasteiger partial charge on any atom is -0.443 e. The molecule has 1 aromatic heterocycles. The van der Waals surface area contributed by atoms with E-state index in [1.807, 2.05) is 36.1 Å². The van der Waals surface area contributed by atoms with E-state index in [0.717, 1.165) is 44.7 Å². The van der Waals surface area contributed by atoms with Crippen LogP contribution in [0.4, 0.5) is 0 Å². The van der Waals surface area contributed by atoms with Gasteiger partial charge in [-0.1, -0.05) is 29.8 Å². The molecule has 2 aliphatic rings. The molecule has 1 atom stereocenters. The molecular weight excluding hydrogens is 292 g/mol. The predicted molar refractivity (Wildman–Crippen MR) is 85.1 cm³/mol. The van der Waals surface area contributed by atoms with Crippen LogP contribution in [0.5, 0.6) is 0 Å². The lowest BCUT2D eigenvalue weighted by atomic mass is 9.87. The molecule has 23 heavy (non-hydrogen) atoms. The molecule has 1 spiro atoms. The largest absolute Gasteiger partial charge is 0.443 e. The summed E-state index contributed by atoms with van der Waals surface area (Å²) < 4.78 is 11.0. The van der Waals surface area contributed by atoms with Gasteiger partial charge in [0.05, 0.1) is 6.61 Å². The van der Waals surface area contributed by atoms with E-state index in [2.05, 4.69) is 4.98 Å². The highest BCUT2D eigenvalue weighted by molar-refractivity contribution is 5.97. The molecule has 2 saturated heterocycles. The van der Waals surface area contributed by atoms with Gasteiger partial charge in [-0.05, 0) is 19.8 Å². The van der Waals surface area contributed by atoms with Crippen molar-refractivity contribution in [3.63, 3.8) is 0 Å². The van der Waals surface area contributed by atoms with E-state index < -0.39 is 0 Å². The number of benzene rings is 1. The van der Waals surface area contributed by atoms with Gasteiger partial charge in [0.1, 0.15) is 0 Å². The Kier molecular flexibility index (Phi) is 3.45. The molecule has 0 N–H and O–H groups in total. The van der Waals surface area contributed by atoms with Crippen LogP contribution >= 0.6 is 0 Å². The number of oxazole rings is 1. The minimum atomic E-state index is -0.0434. The van der Waals surface area contributed by atoms with Crippen molar-refractivity contribution < 1.29 is 13.9 Å². The van der Waals surface area contributed by atoms with Crippen molar-refractivity contribution in [2.24, 2.45) is 5.41 Å². The molecule has 1 amide bonds. The fraction of sp³-hybridized carbons (Fsp3) is 0.444. The molecule has 0 aliphatic carbocycles. The predicted octanol–water partition coefficient (Wildman–Crippen LogP) is 2.90.